The van der Waals surface area contributed by atoms with Crippen LogP contribution in [0.2, 0.25) is 0 Å². The van der Waals surface area contributed by atoms with Gasteiger partial charge in [0.15, 0.2) is 17.4 Å². The van der Waals surface area contributed by atoms with Gasteiger partial charge in [0.25, 0.3) is 17.1 Å². The molecule has 1 amide bonds. The summed E-state index contributed by atoms with van der Waals surface area (Å²) in [6, 6.07) is 13.9. The first-order chi connectivity index (χ1) is 12.1. The average molecular weight is 357 g/mol. The Hall–Kier alpha value is -3.20. The summed E-state index contributed by atoms with van der Waals surface area (Å²) in [5.41, 5.74) is 1.11. The van der Waals surface area contributed by atoms with Gasteiger partial charge >= 0.3 is 0 Å². The zero-order valence-corrected chi connectivity index (χ0v) is 14.0. The second-order valence-corrected chi connectivity index (χ2v) is 5.83. The molecule has 1 heterocycles. The van der Waals surface area contributed by atoms with Gasteiger partial charge in [0.05, 0.1) is 11.3 Å². The third-order valence-corrected chi connectivity index (χ3v) is 4.04. The van der Waals surface area contributed by atoms with E-state index < -0.39 is 17.1 Å². The van der Waals surface area contributed by atoms with E-state index in [0.717, 1.165) is 5.69 Å². The number of benzene rings is 2. The standard InChI is InChI=1S/C16H15N5O3S/c1-17-16(23)11-8-5-9-12(13(11)22)19-15-14(20-25(24)21-15)18-10-6-3-2-4-7-10/h2-9,22H,1H3,(H,17,23)(H,18,20)(H,19,21). The van der Waals surface area contributed by atoms with Crippen LogP contribution >= 0.6 is 0 Å². The topological polar surface area (TPSA) is 115 Å². The van der Waals surface area contributed by atoms with Gasteiger partial charge in [-0.1, -0.05) is 24.3 Å². The Labute approximate surface area is 146 Å². The number of hydrogen-bond acceptors (Lipinski definition) is 5. The number of anilines is 2. The highest BCUT2D eigenvalue weighted by Gasteiger charge is 2.21. The van der Waals surface area contributed by atoms with Crippen LogP contribution in [0.5, 0.6) is 5.75 Å². The molecule has 25 heavy (non-hydrogen) atoms. The summed E-state index contributed by atoms with van der Waals surface area (Å²) in [4.78, 5) is 11.8. The van der Waals surface area contributed by atoms with E-state index in [-0.39, 0.29) is 28.7 Å². The molecule has 9 heteroatoms. The molecule has 1 aliphatic heterocycles. The molecular weight excluding hydrogens is 342 g/mol. The van der Waals surface area contributed by atoms with E-state index in [2.05, 4.69) is 24.7 Å². The summed E-state index contributed by atoms with van der Waals surface area (Å²) in [5, 5.41) is 18.6. The molecule has 1 atom stereocenters. The quantitative estimate of drug-likeness (QED) is 0.624. The minimum atomic E-state index is -1.76. The summed E-state index contributed by atoms with van der Waals surface area (Å²) in [7, 11) is 1.47. The van der Waals surface area contributed by atoms with E-state index >= 15 is 0 Å². The predicted octanol–water partition coefficient (Wildman–Crippen LogP) is 1.67. The minimum Gasteiger partial charge on any atom is -0.505 e. The Balaban J connectivity index is 1.85. The molecule has 2 aromatic carbocycles. The van der Waals surface area contributed by atoms with E-state index in [1.165, 1.54) is 13.1 Å². The monoisotopic (exact) mass is 357 g/mol. The van der Waals surface area contributed by atoms with Gasteiger partial charge < -0.3 is 21.1 Å². The van der Waals surface area contributed by atoms with Crippen molar-refractivity contribution in [1.29, 1.82) is 0 Å². The number of carbonyl (C=O) groups excluding carboxylic acids is 1. The lowest BCUT2D eigenvalue weighted by Gasteiger charge is -2.12. The highest BCUT2D eigenvalue weighted by atomic mass is 32.2. The number of aromatic hydroxyl groups is 1. The van der Waals surface area contributed by atoms with E-state index in [0.29, 0.717) is 0 Å². The number of amides is 1. The lowest BCUT2D eigenvalue weighted by molar-refractivity contribution is 0.0960. The summed E-state index contributed by atoms with van der Waals surface area (Å²) < 4.78 is 19.5. The second-order valence-electron chi connectivity index (χ2n) is 5.01. The lowest BCUT2D eigenvalue weighted by Crippen LogP contribution is -2.27. The number of nitrogens with one attached hydrogen (secondary N) is 3. The zero-order chi connectivity index (χ0) is 17.8. The number of amidine groups is 2. The molecule has 0 saturated carbocycles. The van der Waals surface area contributed by atoms with Crippen molar-refractivity contribution in [3.05, 3.63) is 54.1 Å². The molecule has 0 aromatic heterocycles. The Morgan fingerprint density at radius 1 is 1.00 bits per heavy atom. The third kappa shape index (κ3) is 3.66. The van der Waals surface area contributed by atoms with Crippen molar-refractivity contribution in [3.8, 4) is 5.75 Å². The third-order valence-electron chi connectivity index (χ3n) is 3.36. The largest absolute Gasteiger partial charge is 0.505 e. The number of hydrogen-bond donors (Lipinski definition) is 4. The Bertz CT molecular complexity index is 896. The maximum atomic E-state index is 11.8. The van der Waals surface area contributed by atoms with Crippen molar-refractivity contribution in [2.24, 2.45) is 8.80 Å². The molecule has 3 rings (SSSR count). The highest BCUT2D eigenvalue weighted by Crippen LogP contribution is 2.28. The van der Waals surface area contributed by atoms with E-state index in [4.69, 9.17) is 0 Å². The van der Waals surface area contributed by atoms with Gasteiger partial charge in [0.1, 0.15) is 0 Å². The van der Waals surface area contributed by atoms with Crippen molar-refractivity contribution < 1.29 is 14.1 Å². The normalized spacial score (nSPS) is 16.0. The van der Waals surface area contributed by atoms with Gasteiger partial charge in [-0.05, 0) is 24.3 Å². The molecule has 0 radical (unpaired) electrons. The zero-order valence-electron chi connectivity index (χ0n) is 13.2. The molecule has 4 N–H and O–H groups in total. The van der Waals surface area contributed by atoms with Crippen molar-refractivity contribution >= 4 is 40.1 Å². The van der Waals surface area contributed by atoms with Crippen molar-refractivity contribution in [3.63, 3.8) is 0 Å². The van der Waals surface area contributed by atoms with E-state index in [1.807, 2.05) is 30.3 Å². The maximum absolute atomic E-state index is 11.8. The van der Waals surface area contributed by atoms with Gasteiger partial charge in [0.2, 0.25) is 0 Å². The number of phenols is 1. The summed E-state index contributed by atoms with van der Waals surface area (Å²) in [5.74, 6) is -0.184. The summed E-state index contributed by atoms with van der Waals surface area (Å²) in [6.07, 6.45) is 0. The fourth-order valence-corrected chi connectivity index (χ4v) is 2.79. The second kappa shape index (κ2) is 7.14. The molecule has 0 spiro atoms. The van der Waals surface area contributed by atoms with Crippen LogP contribution in [-0.2, 0) is 11.2 Å². The van der Waals surface area contributed by atoms with Crippen LogP contribution in [0.1, 0.15) is 10.4 Å². The first kappa shape index (κ1) is 16.7. The number of phenolic OH excluding ortho intramolecular Hbond substituents is 1. The molecule has 0 fully saturated rings. The van der Waals surface area contributed by atoms with Crippen LogP contribution in [0, 0.1) is 0 Å². The van der Waals surface area contributed by atoms with E-state index in [1.54, 1.807) is 12.1 Å². The fraction of sp³-hybridized carbons (Fsp3) is 0.0625. The number of carbonyl (C=O) groups is 1. The Morgan fingerprint density at radius 3 is 2.36 bits per heavy atom. The number of nitrogens with zero attached hydrogens (tertiary/aromatic N) is 2. The van der Waals surface area contributed by atoms with E-state index in [9.17, 15) is 14.1 Å². The fourth-order valence-electron chi connectivity index (χ4n) is 2.18. The SMILES string of the molecule is CNC(=O)c1cccc(NC2=NS(=O)N=C2Nc2ccccc2)c1O. The summed E-state index contributed by atoms with van der Waals surface area (Å²) in [6.45, 7) is 0. The first-order valence-corrected chi connectivity index (χ1v) is 8.38. The van der Waals surface area contributed by atoms with Crippen LogP contribution in [0.3, 0.4) is 0 Å². The van der Waals surface area contributed by atoms with Crippen LogP contribution in [-0.4, -0.2) is 33.9 Å². The molecule has 1 aliphatic rings. The molecule has 0 aliphatic carbocycles. The molecule has 8 nitrogen and oxygen atoms in total. The smallest absolute Gasteiger partial charge is 0.269 e. The van der Waals surface area contributed by atoms with Gasteiger partial charge in [-0.25, -0.2) is 4.21 Å². The maximum Gasteiger partial charge on any atom is 0.269 e. The first-order valence-electron chi connectivity index (χ1n) is 7.31. The average Bonchev–Trinajstić information content (AvgIpc) is 2.96. The number of para-hydroxylation sites is 2. The van der Waals surface area contributed by atoms with Gasteiger partial charge in [0, 0.05) is 12.7 Å². The van der Waals surface area contributed by atoms with Crippen molar-refractivity contribution in [1.82, 2.24) is 5.32 Å². The van der Waals surface area contributed by atoms with Crippen molar-refractivity contribution in [2.45, 2.75) is 0 Å². The van der Waals surface area contributed by atoms with Gasteiger partial charge in [-0.2, -0.15) is 0 Å². The van der Waals surface area contributed by atoms with Crippen molar-refractivity contribution in [2.75, 3.05) is 17.7 Å². The molecule has 2 aromatic rings. The van der Waals surface area contributed by atoms with Crippen LogP contribution in [0.4, 0.5) is 11.4 Å². The molecule has 0 bridgehead atoms. The van der Waals surface area contributed by atoms with Crippen LogP contribution in [0.25, 0.3) is 0 Å². The molecular formula is C16H15N5O3S. The Kier molecular flexibility index (Phi) is 4.75. The molecule has 128 valence electrons. The Morgan fingerprint density at radius 2 is 1.68 bits per heavy atom. The predicted molar refractivity (Wildman–Crippen MR) is 98.2 cm³/mol. The minimum absolute atomic E-state index is 0.113. The lowest BCUT2D eigenvalue weighted by atomic mass is 10.1. The highest BCUT2D eigenvalue weighted by molar-refractivity contribution is 7.83. The van der Waals surface area contributed by atoms with Gasteiger partial charge in [-0.15, -0.1) is 8.80 Å². The van der Waals surface area contributed by atoms with Crippen LogP contribution in [0.15, 0.2) is 57.3 Å². The summed E-state index contributed by atoms with van der Waals surface area (Å²) >= 11 is -1.76. The molecule has 1 unspecified atom stereocenters. The molecule has 0 saturated heterocycles. The van der Waals surface area contributed by atoms with Gasteiger partial charge in [-0.3, -0.25) is 4.79 Å². The number of rotatable bonds is 3. The van der Waals surface area contributed by atoms with Crippen LogP contribution < -0.4 is 16.0 Å².